The van der Waals surface area contributed by atoms with Crippen LogP contribution in [0.15, 0.2) is 30.3 Å². The van der Waals surface area contributed by atoms with Crippen molar-refractivity contribution in [2.24, 2.45) is 0 Å². The summed E-state index contributed by atoms with van der Waals surface area (Å²) in [5.74, 6) is 0.289. The largest absolute Gasteiger partial charge is 0.368 e. The molecule has 0 spiro atoms. The Morgan fingerprint density at radius 1 is 1.07 bits per heavy atom. The molecule has 3 saturated heterocycles. The predicted molar refractivity (Wildman–Crippen MR) is 114 cm³/mol. The molecule has 0 radical (unpaired) electrons. The second-order valence-corrected chi connectivity index (χ2v) is 7.91. The maximum absolute atomic E-state index is 13.1. The monoisotopic (exact) mass is 422 g/mol. The van der Waals surface area contributed by atoms with Crippen LogP contribution >= 0.6 is 12.4 Å². The number of benzene rings is 1. The summed E-state index contributed by atoms with van der Waals surface area (Å²) in [4.78, 5) is 32.1. The van der Waals surface area contributed by atoms with E-state index in [9.17, 15) is 9.59 Å². The Bertz CT molecular complexity index is 703. The van der Waals surface area contributed by atoms with Crippen molar-refractivity contribution in [2.75, 3.05) is 57.8 Å². The fourth-order valence-corrected chi connectivity index (χ4v) is 4.73. The van der Waals surface area contributed by atoms with Crippen LogP contribution in [0.5, 0.6) is 0 Å². The van der Waals surface area contributed by atoms with Crippen LogP contribution in [0.25, 0.3) is 0 Å². The standard InChI is InChI=1S/C21H30N4O3.ClH/c1-28-21(8-10-22-11-9-21)20(27)24-15-13-23(14-16-24)18-7-12-25(19(18)26)17-5-3-2-4-6-17;/h2-6,18,22H,7-16H2,1H3;1H. The molecule has 1 atom stereocenters. The Morgan fingerprint density at radius 2 is 1.72 bits per heavy atom. The van der Waals surface area contributed by atoms with E-state index in [1.807, 2.05) is 40.1 Å². The van der Waals surface area contributed by atoms with E-state index < -0.39 is 5.60 Å². The molecule has 1 aromatic carbocycles. The molecule has 0 saturated carbocycles. The van der Waals surface area contributed by atoms with Crippen molar-refractivity contribution in [3.63, 3.8) is 0 Å². The van der Waals surface area contributed by atoms with E-state index in [2.05, 4.69) is 10.2 Å². The summed E-state index contributed by atoms with van der Waals surface area (Å²) in [6.45, 7) is 5.17. The number of piperazine rings is 1. The summed E-state index contributed by atoms with van der Waals surface area (Å²) in [6, 6.07) is 9.79. The van der Waals surface area contributed by atoms with E-state index in [-0.39, 0.29) is 30.3 Å². The zero-order valence-corrected chi connectivity index (χ0v) is 17.8. The number of halogens is 1. The minimum atomic E-state index is -0.680. The third kappa shape index (κ3) is 4.28. The molecule has 0 bridgehead atoms. The highest BCUT2D eigenvalue weighted by atomic mass is 35.5. The van der Waals surface area contributed by atoms with Gasteiger partial charge in [0, 0.05) is 45.5 Å². The molecular weight excluding hydrogens is 392 g/mol. The Kier molecular flexibility index (Phi) is 7.16. The minimum Gasteiger partial charge on any atom is -0.368 e. The van der Waals surface area contributed by atoms with Crippen LogP contribution in [0, 0.1) is 0 Å². The highest BCUT2D eigenvalue weighted by Gasteiger charge is 2.44. The van der Waals surface area contributed by atoms with Crippen molar-refractivity contribution >= 4 is 29.9 Å². The predicted octanol–water partition coefficient (Wildman–Crippen LogP) is 1.13. The second-order valence-electron chi connectivity index (χ2n) is 7.91. The minimum absolute atomic E-state index is 0. The van der Waals surface area contributed by atoms with Crippen molar-refractivity contribution in [1.29, 1.82) is 0 Å². The van der Waals surface area contributed by atoms with Crippen molar-refractivity contribution in [3.8, 4) is 0 Å². The van der Waals surface area contributed by atoms with E-state index in [1.54, 1.807) is 7.11 Å². The lowest BCUT2D eigenvalue weighted by Gasteiger charge is -2.43. The molecule has 7 nitrogen and oxygen atoms in total. The van der Waals surface area contributed by atoms with Gasteiger partial charge in [-0.2, -0.15) is 0 Å². The van der Waals surface area contributed by atoms with E-state index in [0.717, 1.165) is 57.7 Å². The maximum Gasteiger partial charge on any atom is 0.254 e. The Balaban J connectivity index is 0.00000240. The van der Waals surface area contributed by atoms with Crippen molar-refractivity contribution in [3.05, 3.63) is 30.3 Å². The van der Waals surface area contributed by atoms with Crippen LogP contribution < -0.4 is 10.2 Å². The van der Waals surface area contributed by atoms with Gasteiger partial charge in [-0.3, -0.25) is 14.5 Å². The van der Waals surface area contributed by atoms with Crippen molar-refractivity contribution in [1.82, 2.24) is 15.1 Å². The molecular formula is C21H31ClN4O3. The van der Waals surface area contributed by atoms with Gasteiger partial charge in [0.25, 0.3) is 5.91 Å². The summed E-state index contributed by atoms with van der Waals surface area (Å²) in [7, 11) is 1.65. The van der Waals surface area contributed by atoms with E-state index >= 15 is 0 Å². The molecule has 1 unspecified atom stereocenters. The van der Waals surface area contributed by atoms with Crippen LogP contribution in [0.3, 0.4) is 0 Å². The van der Waals surface area contributed by atoms with Crippen LogP contribution in [0.4, 0.5) is 5.69 Å². The first-order chi connectivity index (χ1) is 13.6. The third-order valence-corrected chi connectivity index (χ3v) is 6.48. The average Bonchev–Trinajstić information content (AvgIpc) is 3.15. The van der Waals surface area contributed by atoms with Gasteiger partial charge in [-0.25, -0.2) is 0 Å². The number of carbonyl (C=O) groups excluding carboxylic acids is 2. The molecule has 0 aromatic heterocycles. The molecule has 29 heavy (non-hydrogen) atoms. The summed E-state index contributed by atoms with van der Waals surface area (Å²) in [5.41, 5.74) is 0.289. The number of rotatable bonds is 4. The first-order valence-electron chi connectivity index (χ1n) is 10.3. The highest BCUT2D eigenvalue weighted by Crippen LogP contribution is 2.28. The zero-order valence-electron chi connectivity index (χ0n) is 17.0. The number of para-hydroxylation sites is 1. The molecule has 3 fully saturated rings. The third-order valence-electron chi connectivity index (χ3n) is 6.48. The van der Waals surface area contributed by atoms with Crippen molar-refractivity contribution in [2.45, 2.75) is 30.9 Å². The molecule has 2 amide bonds. The highest BCUT2D eigenvalue weighted by molar-refractivity contribution is 5.99. The number of anilines is 1. The number of methoxy groups -OCH3 is 1. The Labute approximate surface area is 178 Å². The molecule has 0 aliphatic carbocycles. The SMILES string of the molecule is COC1(C(=O)N2CCN(C3CCN(c4ccccc4)C3=O)CC2)CCNCC1.Cl. The van der Waals surface area contributed by atoms with Crippen LogP contribution in [-0.2, 0) is 14.3 Å². The summed E-state index contributed by atoms with van der Waals surface area (Å²) < 4.78 is 5.69. The van der Waals surface area contributed by atoms with Crippen LogP contribution in [0.2, 0.25) is 0 Å². The lowest BCUT2D eigenvalue weighted by Crippen LogP contribution is -2.60. The van der Waals surface area contributed by atoms with Crippen molar-refractivity contribution < 1.29 is 14.3 Å². The number of nitrogens with one attached hydrogen (secondary N) is 1. The van der Waals surface area contributed by atoms with Gasteiger partial charge in [-0.05, 0) is 44.5 Å². The molecule has 3 heterocycles. The summed E-state index contributed by atoms with van der Waals surface area (Å²) >= 11 is 0. The number of carbonyl (C=O) groups is 2. The fourth-order valence-electron chi connectivity index (χ4n) is 4.73. The first-order valence-corrected chi connectivity index (χ1v) is 10.3. The summed E-state index contributed by atoms with van der Waals surface area (Å²) in [5, 5.41) is 3.30. The molecule has 160 valence electrons. The quantitative estimate of drug-likeness (QED) is 0.787. The lowest BCUT2D eigenvalue weighted by molar-refractivity contribution is -0.160. The molecule has 3 aliphatic rings. The number of amides is 2. The molecule has 1 N–H and O–H groups in total. The average molecular weight is 423 g/mol. The molecule has 4 rings (SSSR count). The summed E-state index contributed by atoms with van der Waals surface area (Å²) in [6.07, 6.45) is 2.28. The van der Waals surface area contributed by atoms with Crippen LogP contribution in [0.1, 0.15) is 19.3 Å². The molecule has 3 aliphatic heterocycles. The fraction of sp³-hybridized carbons (Fsp3) is 0.619. The van der Waals surface area contributed by atoms with Gasteiger partial charge in [0.05, 0.1) is 6.04 Å². The van der Waals surface area contributed by atoms with Gasteiger partial charge in [0.15, 0.2) is 0 Å². The zero-order chi connectivity index (χ0) is 19.6. The number of ether oxygens (including phenoxy) is 1. The van der Waals surface area contributed by atoms with Crippen LogP contribution in [-0.4, -0.2) is 86.2 Å². The van der Waals surface area contributed by atoms with E-state index in [1.165, 1.54) is 0 Å². The number of hydrogen-bond donors (Lipinski definition) is 1. The normalized spacial score (nSPS) is 25.0. The Hall–Kier alpha value is -1.67. The van der Waals surface area contributed by atoms with Gasteiger partial charge in [0.2, 0.25) is 5.91 Å². The van der Waals surface area contributed by atoms with Gasteiger partial charge in [-0.1, -0.05) is 18.2 Å². The number of hydrogen-bond acceptors (Lipinski definition) is 5. The lowest BCUT2D eigenvalue weighted by atomic mass is 9.90. The van der Waals surface area contributed by atoms with E-state index in [0.29, 0.717) is 13.1 Å². The first kappa shape index (κ1) is 22.0. The van der Waals surface area contributed by atoms with E-state index in [4.69, 9.17) is 4.74 Å². The van der Waals surface area contributed by atoms with Gasteiger partial charge < -0.3 is 19.9 Å². The number of piperidine rings is 1. The smallest absolute Gasteiger partial charge is 0.254 e. The molecule has 8 heteroatoms. The number of nitrogens with zero attached hydrogens (tertiary/aromatic N) is 3. The Morgan fingerprint density at radius 3 is 2.34 bits per heavy atom. The maximum atomic E-state index is 13.1. The topological polar surface area (TPSA) is 65.1 Å². The second kappa shape index (κ2) is 9.43. The van der Waals surface area contributed by atoms with Gasteiger partial charge in [0.1, 0.15) is 5.60 Å². The molecule has 1 aromatic rings. The van der Waals surface area contributed by atoms with Gasteiger partial charge >= 0.3 is 0 Å². The van der Waals surface area contributed by atoms with Gasteiger partial charge in [-0.15, -0.1) is 12.4 Å².